The Kier molecular flexibility index (Phi) is 5.85. The molecular weight excluding hydrogens is 504 g/mol. The van der Waals surface area contributed by atoms with Crippen LogP contribution in [0.25, 0.3) is 22.4 Å². The molecule has 11 heteroatoms. The first-order valence-electron chi connectivity index (χ1n) is 11.3. The summed E-state index contributed by atoms with van der Waals surface area (Å²) in [6.45, 7) is 0.523. The standard InChI is InChI=1S/C25H23ClN4O5S/c1-36(32,16-5-3-2-4-6-16)30-15-9-7-14(8-10-15)21-17(26)11-18-24(28-21)29-25(27-18)35-20-13-34-22-19(31)12-33-23(20)22/h2-11,19-20,22-23,31H,1,12-13H2,(H,30,32)(H,27,28,29). The Labute approximate surface area is 212 Å². The number of imidazole rings is 1. The average molecular weight is 527 g/mol. The SMILES string of the molecule is C=S(=O)(Nc1ccc(-c2nc3nc(OC4COC5C(O)COC45)[nH]c3cc2Cl)cc1)c1ccccc1. The van der Waals surface area contributed by atoms with E-state index in [2.05, 4.69) is 25.5 Å². The lowest BCUT2D eigenvalue weighted by molar-refractivity contribution is 0.00706. The molecule has 6 rings (SSSR count). The van der Waals surface area contributed by atoms with Gasteiger partial charge in [-0.05, 0) is 36.2 Å². The number of H-pyrrole nitrogens is 1. The van der Waals surface area contributed by atoms with E-state index in [0.29, 0.717) is 39.1 Å². The number of hydrogen-bond acceptors (Lipinski definition) is 7. The van der Waals surface area contributed by atoms with E-state index in [0.717, 1.165) is 5.56 Å². The highest BCUT2D eigenvalue weighted by Gasteiger charge is 2.48. The van der Waals surface area contributed by atoms with Crippen molar-refractivity contribution in [2.24, 2.45) is 0 Å². The first-order valence-corrected chi connectivity index (χ1v) is 13.4. The molecular formula is C25H23ClN4O5S. The van der Waals surface area contributed by atoms with Gasteiger partial charge < -0.3 is 29.0 Å². The van der Waals surface area contributed by atoms with Gasteiger partial charge >= 0.3 is 0 Å². The highest BCUT2D eigenvalue weighted by Crippen LogP contribution is 2.32. The number of halogens is 1. The monoisotopic (exact) mass is 526 g/mol. The summed E-state index contributed by atoms with van der Waals surface area (Å²) in [7, 11) is -2.70. The van der Waals surface area contributed by atoms with E-state index in [4.69, 9.17) is 25.8 Å². The van der Waals surface area contributed by atoms with Gasteiger partial charge in [0.2, 0.25) is 0 Å². The van der Waals surface area contributed by atoms with Crippen molar-refractivity contribution in [1.82, 2.24) is 15.0 Å². The molecule has 4 heterocycles. The molecule has 2 fully saturated rings. The highest BCUT2D eigenvalue weighted by molar-refractivity contribution is 8.01. The summed E-state index contributed by atoms with van der Waals surface area (Å²) < 4.78 is 33.2. The van der Waals surface area contributed by atoms with Crippen LogP contribution in [0.4, 0.5) is 5.69 Å². The fraction of sp³-hybridized carbons (Fsp3) is 0.240. The lowest BCUT2D eigenvalue weighted by Gasteiger charge is -2.15. The van der Waals surface area contributed by atoms with Gasteiger partial charge in [-0.1, -0.05) is 41.9 Å². The van der Waals surface area contributed by atoms with Crippen LogP contribution >= 0.6 is 11.6 Å². The minimum atomic E-state index is -2.70. The van der Waals surface area contributed by atoms with Crippen LogP contribution in [0.3, 0.4) is 0 Å². The molecule has 3 N–H and O–H groups in total. The first kappa shape index (κ1) is 23.3. The zero-order valence-corrected chi connectivity index (χ0v) is 20.5. The average Bonchev–Trinajstić information content (AvgIpc) is 3.56. The third kappa shape index (κ3) is 4.31. The molecule has 0 spiro atoms. The van der Waals surface area contributed by atoms with Crippen LogP contribution in [0.15, 0.2) is 65.6 Å². The molecule has 2 aliphatic rings. The largest absolute Gasteiger partial charge is 0.456 e. The smallest absolute Gasteiger partial charge is 0.296 e. The molecule has 0 saturated carbocycles. The van der Waals surface area contributed by atoms with Gasteiger partial charge in [0.05, 0.1) is 39.2 Å². The van der Waals surface area contributed by atoms with Gasteiger partial charge in [0.15, 0.2) is 11.8 Å². The molecule has 9 nitrogen and oxygen atoms in total. The van der Waals surface area contributed by atoms with Crippen molar-refractivity contribution in [3.8, 4) is 17.3 Å². The number of ether oxygens (including phenoxy) is 3. The Balaban J connectivity index is 1.21. The molecule has 36 heavy (non-hydrogen) atoms. The summed E-state index contributed by atoms with van der Waals surface area (Å²) >= 11 is 6.54. The minimum Gasteiger partial charge on any atom is -0.456 e. The second kappa shape index (κ2) is 9.06. The number of aliphatic hydroxyl groups is 1. The summed E-state index contributed by atoms with van der Waals surface area (Å²) in [5.74, 6) is 3.86. The summed E-state index contributed by atoms with van der Waals surface area (Å²) in [5, 5.41) is 10.4. The molecule has 5 unspecified atom stereocenters. The highest BCUT2D eigenvalue weighted by atomic mass is 35.5. The topological polar surface area (TPSA) is 119 Å². The molecule has 2 aromatic heterocycles. The number of aliphatic hydroxyl groups excluding tert-OH is 1. The number of nitrogens with one attached hydrogen (secondary N) is 2. The number of pyridine rings is 1. The van der Waals surface area contributed by atoms with Gasteiger partial charge in [-0.15, -0.1) is 0 Å². The van der Waals surface area contributed by atoms with Crippen molar-refractivity contribution < 1.29 is 23.5 Å². The Bertz CT molecular complexity index is 1510. The van der Waals surface area contributed by atoms with E-state index in [1.807, 2.05) is 30.3 Å². The predicted molar refractivity (Wildman–Crippen MR) is 138 cm³/mol. The van der Waals surface area contributed by atoms with Gasteiger partial charge in [-0.3, -0.25) is 0 Å². The Morgan fingerprint density at radius 1 is 1.08 bits per heavy atom. The molecule has 0 bridgehead atoms. The number of aromatic nitrogens is 3. The number of fused-ring (bicyclic) bond motifs is 2. The number of anilines is 1. The van der Waals surface area contributed by atoms with E-state index in [-0.39, 0.29) is 30.9 Å². The fourth-order valence-corrected chi connectivity index (χ4v) is 5.92. The normalized spacial score (nSPS) is 24.9. The molecule has 2 aliphatic heterocycles. The van der Waals surface area contributed by atoms with Crippen LogP contribution in [0, 0.1) is 0 Å². The van der Waals surface area contributed by atoms with Gasteiger partial charge in [0, 0.05) is 16.1 Å². The summed E-state index contributed by atoms with van der Waals surface area (Å²) in [5.41, 5.74) is 3.05. The van der Waals surface area contributed by atoms with E-state index >= 15 is 0 Å². The van der Waals surface area contributed by atoms with Crippen LogP contribution in [0.1, 0.15) is 0 Å². The zero-order valence-electron chi connectivity index (χ0n) is 19.0. The first-order chi connectivity index (χ1) is 17.4. The molecule has 0 amide bonds. The maximum Gasteiger partial charge on any atom is 0.296 e. The number of aromatic amines is 1. The number of hydrogen-bond donors (Lipinski definition) is 3. The maximum atomic E-state index is 13.0. The molecule has 5 atom stereocenters. The lowest BCUT2D eigenvalue weighted by atomic mass is 10.1. The van der Waals surface area contributed by atoms with Crippen molar-refractivity contribution in [3.63, 3.8) is 0 Å². The van der Waals surface area contributed by atoms with Crippen molar-refractivity contribution in [2.45, 2.75) is 29.3 Å². The second-order valence-electron chi connectivity index (χ2n) is 8.72. The summed E-state index contributed by atoms with van der Waals surface area (Å²) in [6.07, 6.45) is -1.77. The van der Waals surface area contributed by atoms with Gasteiger partial charge in [0.1, 0.15) is 18.3 Å². The Hall–Kier alpha value is -3.15. The van der Waals surface area contributed by atoms with E-state index in [9.17, 15) is 9.32 Å². The summed E-state index contributed by atoms with van der Waals surface area (Å²) in [4.78, 5) is 12.8. The molecule has 4 aromatic rings. The Morgan fingerprint density at radius 3 is 2.61 bits per heavy atom. The van der Waals surface area contributed by atoms with Crippen molar-refractivity contribution in [2.75, 3.05) is 17.9 Å². The van der Waals surface area contributed by atoms with Gasteiger partial charge in [-0.25, -0.2) is 9.19 Å². The number of rotatable bonds is 6. The second-order valence-corrected chi connectivity index (χ2v) is 11.2. The molecule has 2 aromatic carbocycles. The lowest BCUT2D eigenvalue weighted by Crippen LogP contribution is -2.34. The van der Waals surface area contributed by atoms with E-state index < -0.39 is 15.8 Å². The molecule has 2 saturated heterocycles. The number of nitrogens with zero attached hydrogens (tertiary/aromatic N) is 2. The quantitative estimate of drug-likeness (QED) is 0.330. The maximum absolute atomic E-state index is 13.0. The van der Waals surface area contributed by atoms with Crippen molar-refractivity contribution in [1.29, 1.82) is 0 Å². The molecule has 0 radical (unpaired) electrons. The van der Waals surface area contributed by atoms with E-state index in [1.54, 1.807) is 30.3 Å². The van der Waals surface area contributed by atoms with Crippen LogP contribution in [-0.2, 0) is 19.2 Å². The number of benzene rings is 2. The van der Waals surface area contributed by atoms with Crippen LogP contribution < -0.4 is 9.46 Å². The molecule has 186 valence electrons. The predicted octanol–water partition coefficient (Wildman–Crippen LogP) is 3.29. The fourth-order valence-electron chi connectivity index (χ4n) is 4.43. The zero-order chi connectivity index (χ0) is 24.9. The minimum absolute atomic E-state index is 0.224. The van der Waals surface area contributed by atoms with Crippen molar-refractivity contribution in [3.05, 3.63) is 65.7 Å². The van der Waals surface area contributed by atoms with Gasteiger partial charge in [0.25, 0.3) is 6.01 Å². The van der Waals surface area contributed by atoms with Crippen LogP contribution in [0.2, 0.25) is 5.02 Å². The third-order valence-corrected chi connectivity index (χ3v) is 8.10. The van der Waals surface area contributed by atoms with E-state index in [1.165, 1.54) is 0 Å². The summed E-state index contributed by atoms with van der Waals surface area (Å²) in [6, 6.07) is 18.4. The Morgan fingerprint density at radius 2 is 1.83 bits per heavy atom. The molecule has 0 aliphatic carbocycles. The van der Waals surface area contributed by atoms with Crippen LogP contribution in [0.5, 0.6) is 6.01 Å². The third-order valence-electron chi connectivity index (χ3n) is 6.21. The van der Waals surface area contributed by atoms with Crippen LogP contribution in [-0.4, -0.2) is 67.8 Å². The van der Waals surface area contributed by atoms with Gasteiger partial charge in [-0.2, -0.15) is 4.98 Å². The van der Waals surface area contributed by atoms with Crippen molar-refractivity contribution >= 4 is 44.0 Å².